The predicted octanol–water partition coefficient (Wildman–Crippen LogP) is 2.64. The van der Waals surface area contributed by atoms with E-state index in [0.717, 1.165) is 17.0 Å². The third kappa shape index (κ3) is 6.66. The Hall–Kier alpha value is -1.47. The fraction of sp³-hybridized carbons (Fsp3) is 0.375. The van der Waals surface area contributed by atoms with E-state index in [0.29, 0.717) is 18.3 Å². The first-order chi connectivity index (χ1) is 10.7. The molecule has 7 heteroatoms. The van der Waals surface area contributed by atoms with E-state index in [9.17, 15) is 4.79 Å². The monoisotopic (exact) mass is 355 g/mol. The molecule has 0 radical (unpaired) electrons. The fourth-order valence-corrected chi connectivity index (χ4v) is 2.82. The number of nitrogens with one attached hydrogen (secondary N) is 2. The molecule has 0 aliphatic heterocycles. The first-order valence-electron chi connectivity index (χ1n) is 7.18. The molecule has 0 aliphatic carbocycles. The zero-order chi connectivity index (χ0) is 15.8. The van der Waals surface area contributed by atoms with E-state index in [4.69, 9.17) is 4.74 Å². The molecule has 2 aromatic rings. The Bertz CT molecular complexity index is 605. The molecule has 2 N–H and O–H groups in total. The quantitative estimate of drug-likeness (QED) is 0.714. The van der Waals surface area contributed by atoms with E-state index < -0.39 is 0 Å². The minimum absolute atomic E-state index is 0. The highest BCUT2D eigenvalue weighted by Crippen LogP contribution is 2.24. The average molecular weight is 356 g/mol. The van der Waals surface area contributed by atoms with Gasteiger partial charge in [-0.1, -0.05) is 30.3 Å². The first-order valence-corrected chi connectivity index (χ1v) is 8.00. The summed E-state index contributed by atoms with van der Waals surface area (Å²) in [5.74, 6) is -0.0869. The SMILES string of the molecule is COCCNCC(=O)Nc1nc(Cc2ccccc2)c(C)s1.Cl. The number of anilines is 1. The van der Waals surface area contributed by atoms with E-state index in [1.165, 1.54) is 16.9 Å². The van der Waals surface area contributed by atoms with Gasteiger partial charge in [0.2, 0.25) is 5.91 Å². The zero-order valence-corrected chi connectivity index (χ0v) is 14.9. The van der Waals surface area contributed by atoms with Gasteiger partial charge in [0.05, 0.1) is 18.8 Å². The van der Waals surface area contributed by atoms with E-state index in [1.807, 2.05) is 25.1 Å². The van der Waals surface area contributed by atoms with Gasteiger partial charge in [0.15, 0.2) is 5.13 Å². The molecule has 1 aromatic heterocycles. The first kappa shape index (κ1) is 19.6. The fourth-order valence-electron chi connectivity index (χ4n) is 1.97. The van der Waals surface area contributed by atoms with Crippen molar-refractivity contribution < 1.29 is 9.53 Å². The zero-order valence-electron chi connectivity index (χ0n) is 13.3. The van der Waals surface area contributed by atoms with Crippen LogP contribution in [0.15, 0.2) is 30.3 Å². The van der Waals surface area contributed by atoms with Gasteiger partial charge in [-0.25, -0.2) is 4.98 Å². The van der Waals surface area contributed by atoms with Crippen LogP contribution in [0.4, 0.5) is 5.13 Å². The third-order valence-electron chi connectivity index (χ3n) is 3.12. The lowest BCUT2D eigenvalue weighted by Crippen LogP contribution is -2.30. The van der Waals surface area contributed by atoms with Crippen molar-refractivity contribution in [1.82, 2.24) is 10.3 Å². The predicted molar refractivity (Wildman–Crippen MR) is 96.7 cm³/mol. The summed E-state index contributed by atoms with van der Waals surface area (Å²) in [5, 5.41) is 6.49. The van der Waals surface area contributed by atoms with Crippen molar-refractivity contribution in [3.8, 4) is 0 Å². The number of carbonyl (C=O) groups is 1. The molecule has 1 heterocycles. The number of benzene rings is 1. The minimum Gasteiger partial charge on any atom is -0.383 e. The molecule has 1 aromatic carbocycles. The van der Waals surface area contributed by atoms with Crippen molar-refractivity contribution in [1.29, 1.82) is 0 Å². The van der Waals surface area contributed by atoms with Gasteiger partial charge in [-0.05, 0) is 12.5 Å². The Morgan fingerprint density at radius 1 is 1.30 bits per heavy atom. The molecule has 5 nitrogen and oxygen atoms in total. The topological polar surface area (TPSA) is 63.2 Å². The summed E-state index contributed by atoms with van der Waals surface area (Å²) >= 11 is 1.51. The lowest BCUT2D eigenvalue weighted by molar-refractivity contribution is -0.115. The number of rotatable bonds is 8. The van der Waals surface area contributed by atoms with Crippen LogP contribution in [0.3, 0.4) is 0 Å². The van der Waals surface area contributed by atoms with Crippen LogP contribution in [0.2, 0.25) is 0 Å². The number of halogens is 1. The molecule has 23 heavy (non-hydrogen) atoms. The number of hydrogen-bond donors (Lipinski definition) is 2. The van der Waals surface area contributed by atoms with Gasteiger partial charge in [-0.15, -0.1) is 23.7 Å². The Morgan fingerprint density at radius 2 is 2.04 bits per heavy atom. The van der Waals surface area contributed by atoms with Gasteiger partial charge in [-0.2, -0.15) is 0 Å². The minimum atomic E-state index is -0.0869. The second-order valence-corrected chi connectivity index (χ2v) is 6.11. The number of thiazole rings is 1. The van der Waals surface area contributed by atoms with E-state index in [-0.39, 0.29) is 24.9 Å². The summed E-state index contributed by atoms with van der Waals surface area (Å²) in [7, 11) is 1.63. The summed E-state index contributed by atoms with van der Waals surface area (Å²) in [6.07, 6.45) is 0.783. The Kier molecular flexibility index (Phi) is 8.79. The summed E-state index contributed by atoms with van der Waals surface area (Å²) in [6.45, 7) is 3.53. The summed E-state index contributed by atoms with van der Waals surface area (Å²) in [5.41, 5.74) is 2.23. The molecule has 0 spiro atoms. The van der Waals surface area contributed by atoms with Crippen LogP contribution < -0.4 is 10.6 Å². The maximum atomic E-state index is 11.8. The molecular formula is C16H22ClN3O2S. The van der Waals surface area contributed by atoms with E-state index in [1.54, 1.807) is 7.11 Å². The van der Waals surface area contributed by atoms with Crippen LogP contribution >= 0.6 is 23.7 Å². The maximum absolute atomic E-state index is 11.8. The summed E-state index contributed by atoms with van der Waals surface area (Å²) in [4.78, 5) is 17.5. The van der Waals surface area contributed by atoms with Gasteiger partial charge in [0.25, 0.3) is 0 Å². The summed E-state index contributed by atoms with van der Waals surface area (Å²) in [6, 6.07) is 10.2. The van der Waals surface area contributed by atoms with Crippen LogP contribution in [0.25, 0.3) is 0 Å². The highest BCUT2D eigenvalue weighted by atomic mass is 35.5. The molecule has 0 saturated carbocycles. The Balaban J connectivity index is 0.00000264. The number of aryl methyl sites for hydroxylation is 1. The Labute approximate surface area is 146 Å². The number of ether oxygens (including phenoxy) is 1. The van der Waals surface area contributed by atoms with E-state index >= 15 is 0 Å². The van der Waals surface area contributed by atoms with Crippen molar-refractivity contribution in [3.05, 3.63) is 46.5 Å². The molecule has 0 saturated heterocycles. The van der Waals surface area contributed by atoms with Crippen LogP contribution in [0.1, 0.15) is 16.1 Å². The second kappa shape index (κ2) is 10.3. The van der Waals surface area contributed by atoms with Crippen LogP contribution in [-0.2, 0) is 16.0 Å². The van der Waals surface area contributed by atoms with E-state index in [2.05, 4.69) is 27.8 Å². The van der Waals surface area contributed by atoms with Crippen LogP contribution in [0, 0.1) is 6.92 Å². The smallest absolute Gasteiger partial charge is 0.240 e. The highest BCUT2D eigenvalue weighted by molar-refractivity contribution is 7.15. The molecule has 0 atom stereocenters. The maximum Gasteiger partial charge on any atom is 0.240 e. The molecule has 0 unspecified atom stereocenters. The molecule has 0 fully saturated rings. The summed E-state index contributed by atoms with van der Waals surface area (Å²) < 4.78 is 4.91. The average Bonchev–Trinajstić information content (AvgIpc) is 2.84. The van der Waals surface area contributed by atoms with Gasteiger partial charge in [0, 0.05) is 25.0 Å². The number of methoxy groups -OCH3 is 1. The molecule has 2 rings (SSSR count). The highest BCUT2D eigenvalue weighted by Gasteiger charge is 2.10. The standard InChI is InChI=1S/C16H21N3O2S.ClH/c1-12-14(10-13-6-4-3-5-7-13)18-16(22-12)19-15(20)11-17-8-9-21-2;/h3-7,17H,8-11H2,1-2H3,(H,18,19,20);1H. The van der Waals surface area contributed by atoms with Gasteiger partial charge in [-0.3, -0.25) is 4.79 Å². The third-order valence-corrected chi connectivity index (χ3v) is 4.05. The molecule has 0 bridgehead atoms. The van der Waals surface area contributed by atoms with Crippen molar-refractivity contribution in [2.45, 2.75) is 13.3 Å². The number of aromatic nitrogens is 1. The van der Waals surface area contributed by atoms with Crippen LogP contribution in [-0.4, -0.2) is 37.7 Å². The van der Waals surface area contributed by atoms with Gasteiger partial charge >= 0.3 is 0 Å². The normalized spacial score (nSPS) is 10.2. The number of hydrogen-bond acceptors (Lipinski definition) is 5. The number of nitrogens with zero attached hydrogens (tertiary/aromatic N) is 1. The van der Waals surface area contributed by atoms with Crippen molar-refractivity contribution in [2.24, 2.45) is 0 Å². The number of amides is 1. The Morgan fingerprint density at radius 3 is 2.74 bits per heavy atom. The second-order valence-electron chi connectivity index (χ2n) is 4.90. The molecular weight excluding hydrogens is 334 g/mol. The van der Waals surface area contributed by atoms with Crippen LogP contribution in [0.5, 0.6) is 0 Å². The molecule has 1 amide bonds. The lowest BCUT2D eigenvalue weighted by Gasteiger charge is -2.03. The van der Waals surface area contributed by atoms with Crippen molar-refractivity contribution >= 4 is 34.8 Å². The number of carbonyl (C=O) groups excluding carboxylic acids is 1. The molecule has 0 aliphatic rings. The largest absolute Gasteiger partial charge is 0.383 e. The van der Waals surface area contributed by atoms with Crippen molar-refractivity contribution in [3.63, 3.8) is 0 Å². The van der Waals surface area contributed by atoms with Gasteiger partial charge in [0.1, 0.15) is 0 Å². The van der Waals surface area contributed by atoms with Crippen molar-refractivity contribution in [2.75, 3.05) is 32.1 Å². The molecule has 126 valence electrons. The lowest BCUT2D eigenvalue weighted by atomic mass is 10.1. The van der Waals surface area contributed by atoms with Gasteiger partial charge < -0.3 is 15.4 Å².